The Morgan fingerprint density at radius 3 is 2.70 bits per heavy atom. The lowest BCUT2D eigenvalue weighted by atomic mass is 10.2. The smallest absolute Gasteiger partial charge is 0.265 e. The summed E-state index contributed by atoms with van der Waals surface area (Å²) in [4.78, 5) is 14.2. The molecule has 3 aromatic heterocycles. The predicted octanol–water partition coefficient (Wildman–Crippen LogP) is 3.76. The fourth-order valence-corrected chi connectivity index (χ4v) is 4.19. The predicted molar refractivity (Wildman–Crippen MR) is 111 cm³/mol. The number of aryl methyl sites for hydroxylation is 1. The molecule has 10 heteroatoms. The second kappa shape index (κ2) is 7.16. The molecule has 0 radical (unpaired) electrons. The van der Waals surface area contributed by atoms with Crippen LogP contribution in [0.25, 0.3) is 21.6 Å². The summed E-state index contributed by atoms with van der Waals surface area (Å²) in [6.07, 6.45) is 1.48. The highest BCUT2D eigenvalue weighted by Gasteiger charge is 2.17. The Bertz CT molecular complexity index is 1360. The summed E-state index contributed by atoms with van der Waals surface area (Å²) in [5.74, 6) is -0.538. The number of tetrazole rings is 1. The van der Waals surface area contributed by atoms with Gasteiger partial charge in [0.2, 0.25) is 0 Å². The maximum absolute atomic E-state index is 13.3. The summed E-state index contributed by atoms with van der Waals surface area (Å²) in [5.41, 5.74) is 2.89. The second-order valence-electron chi connectivity index (χ2n) is 6.56. The van der Waals surface area contributed by atoms with Gasteiger partial charge in [0.1, 0.15) is 17.0 Å². The van der Waals surface area contributed by atoms with Gasteiger partial charge < -0.3 is 5.32 Å². The fourth-order valence-electron chi connectivity index (χ4n) is 3.11. The van der Waals surface area contributed by atoms with Gasteiger partial charge in [0.25, 0.3) is 5.91 Å². The molecule has 0 fully saturated rings. The van der Waals surface area contributed by atoms with Crippen LogP contribution in [0.2, 0.25) is 0 Å². The molecular weight excluding hydrogens is 405 g/mol. The van der Waals surface area contributed by atoms with Crippen molar-refractivity contribution in [1.29, 1.82) is 0 Å². The molecule has 3 heterocycles. The minimum atomic E-state index is -0.311. The van der Waals surface area contributed by atoms with E-state index in [4.69, 9.17) is 0 Å². The van der Waals surface area contributed by atoms with Crippen LogP contribution >= 0.6 is 11.3 Å². The number of carbonyl (C=O) groups is 1. The van der Waals surface area contributed by atoms with E-state index in [0.29, 0.717) is 10.6 Å². The van der Waals surface area contributed by atoms with Crippen molar-refractivity contribution in [2.75, 3.05) is 5.32 Å². The van der Waals surface area contributed by atoms with Crippen LogP contribution in [0.3, 0.4) is 0 Å². The lowest BCUT2D eigenvalue weighted by molar-refractivity contribution is 0.103. The average Bonchev–Trinajstić information content (AvgIpc) is 3.47. The van der Waals surface area contributed by atoms with Crippen LogP contribution in [-0.2, 0) is 0 Å². The maximum atomic E-state index is 13.3. The first-order valence-corrected chi connectivity index (χ1v) is 9.80. The van der Waals surface area contributed by atoms with Gasteiger partial charge >= 0.3 is 0 Å². The number of aromatic nitrogens is 6. The van der Waals surface area contributed by atoms with E-state index < -0.39 is 0 Å². The van der Waals surface area contributed by atoms with Crippen molar-refractivity contribution in [2.24, 2.45) is 0 Å². The van der Waals surface area contributed by atoms with Crippen LogP contribution in [0.5, 0.6) is 0 Å². The van der Waals surface area contributed by atoms with E-state index in [1.807, 2.05) is 25.1 Å². The molecule has 0 aliphatic carbocycles. The topological polar surface area (TPSA) is 90.5 Å². The Labute approximate surface area is 173 Å². The van der Waals surface area contributed by atoms with E-state index in [9.17, 15) is 9.18 Å². The highest BCUT2D eigenvalue weighted by molar-refractivity contribution is 7.20. The number of anilines is 1. The molecule has 0 aliphatic heterocycles. The SMILES string of the molecule is Cc1nn(-c2ccc(F)cc2)c2sc(C(=O)Nc3cccc(-n4cnnn4)c3)cc12. The Morgan fingerprint density at radius 1 is 1.10 bits per heavy atom. The molecule has 0 atom stereocenters. The first-order valence-electron chi connectivity index (χ1n) is 8.98. The van der Waals surface area contributed by atoms with Crippen molar-refractivity contribution >= 4 is 33.1 Å². The molecule has 0 bridgehead atoms. The summed E-state index contributed by atoms with van der Waals surface area (Å²) in [6.45, 7) is 1.88. The molecule has 1 N–H and O–H groups in total. The number of carbonyl (C=O) groups excluding carboxylic acids is 1. The molecule has 0 aliphatic rings. The Hall–Kier alpha value is -3.92. The maximum Gasteiger partial charge on any atom is 0.265 e. The molecule has 8 nitrogen and oxygen atoms in total. The van der Waals surface area contributed by atoms with E-state index in [1.165, 1.54) is 34.5 Å². The van der Waals surface area contributed by atoms with Crippen molar-refractivity contribution in [2.45, 2.75) is 6.92 Å². The van der Waals surface area contributed by atoms with Crippen LogP contribution < -0.4 is 5.32 Å². The molecule has 0 saturated heterocycles. The van der Waals surface area contributed by atoms with E-state index in [-0.39, 0.29) is 11.7 Å². The van der Waals surface area contributed by atoms with E-state index >= 15 is 0 Å². The van der Waals surface area contributed by atoms with Gasteiger partial charge in [-0.05, 0) is 65.9 Å². The monoisotopic (exact) mass is 419 g/mol. The largest absolute Gasteiger partial charge is 0.321 e. The number of nitrogens with one attached hydrogen (secondary N) is 1. The summed E-state index contributed by atoms with van der Waals surface area (Å²) < 4.78 is 16.5. The van der Waals surface area contributed by atoms with Crippen molar-refractivity contribution in [3.8, 4) is 11.4 Å². The molecule has 148 valence electrons. The third-order valence-electron chi connectivity index (χ3n) is 4.56. The fraction of sp³-hybridized carbons (Fsp3) is 0.0500. The lowest BCUT2D eigenvalue weighted by Gasteiger charge is -2.06. The normalized spacial score (nSPS) is 11.1. The number of rotatable bonds is 4. The molecule has 5 rings (SSSR count). The highest BCUT2D eigenvalue weighted by atomic mass is 32.1. The molecule has 5 aromatic rings. The van der Waals surface area contributed by atoms with Crippen molar-refractivity contribution in [3.63, 3.8) is 0 Å². The van der Waals surface area contributed by atoms with Gasteiger partial charge in [0.05, 0.1) is 21.9 Å². The third-order valence-corrected chi connectivity index (χ3v) is 5.67. The van der Waals surface area contributed by atoms with Gasteiger partial charge in [0.15, 0.2) is 0 Å². The van der Waals surface area contributed by atoms with Crippen LogP contribution in [-0.4, -0.2) is 35.9 Å². The zero-order chi connectivity index (χ0) is 20.7. The minimum Gasteiger partial charge on any atom is -0.321 e. The lowest BCUT2D eigenvalue weighted by Crippen LogP contribution is -2.10. The summed E-state index contributed by atoms with van der Waals surface area (Å²) in [6, 6.07) is 15.1. The number of nitrogens with zero attached hydrogens (tertiary/aromatic N) is 6. The Morgan fingerprint density at radius 2 is 1.93 bits per heavy atom. The quantitative estimate of drug-likeness (QED) is 0.479. The minimum absolute atomic E-state index is 0.227. The number of hydrogen-bond donors (Lipinski definition) is 1. The number of halogens is 1. The van der Waals surface area contributed by atoms with Gasteiger partial charge in [-0.15, -0.1) is 16.4 Å². The number of thiophene rings is 1. The average molecular weight is 419 g/mol. The molecule has 30 heavy (non-hydrogen) atoms. The van der Waals surface area contributed by atoms with Crippen LogP contribution in [0.4, 0.5) is 10.1 Å². The van der Waals surface area contributed by atoms with Crippen molar-refractivity contribution in [1.82, 2.24) is 30.0 Å². The van der Waals surface area contributed by atoms with Gasteiger partial charge in [-0.3, -0.25) is 4.79 Å². The molecule has 1 amide bonds. The summed E-state index contributed by atoms with van der Waals surface area (Å²) in [5, 5.41) is 19.4. The molecular formula is C20H14FN7OS. The van der Waals surface area contributed by atoms with Gasteiger partial charge in [-0.25, -0.2) is 13.8 Å². The van der Waals surface area contributed by atoms with Gasteiger partial charge in [-0.2, -0.15) is 5.10 Å². The standard InChI is InChI=1S/C20H14FN7OS/c1-12-17-10-18(30-20(17)28(24-12)15-7-5-13(21)6-8-15)19(29)23-14-3-2-4-16(9-14)27-11-22-25-26-27/h2-11H,1H3,(H,23,29). The van der Waals surface area contributed by atoms with Crippen LogP contribution in [0.1, 0.15) is 15.4 Å². The zero-order valence-electron chi connectivity index (χ0n) is 15.7. The number of hydrogen-bond acceptors (Lipinski definition) is 6. The third kappa shape index (κ3) is 3.22. The van der Waals surface area contributed by atoms with Crippen molar-refractivity contribution in [3.05, 3.63) is 77.3 Å². The van der Waals surface area contributed by atoms with Gasteiger partial charge in [-0.1, -0.05) is 6.07 Å². The van der Waals surface area contributed by atoms with E-state index in [0.717, 1.165) is 27.3 Å². The molecule has 0 saturated carbocycles. The summed E-state index contributed by atoms with van der Waals surface area (Å²) >= 11 is 1.33. The Balaban J connectivity index is 1.45. The number of benzene rings is 2. The second-order valence-corrected chi connectivity index (χ2v) is 7.59. The summed E-state index contributed by atoms with van der Waals surface area (Å²) in [7, 11) is 0. The van der Waals surface area contributed by atoms with Crippen LogP contribution in [0, 0.1) is 12.7 Å². The molecule has 0 spiro atoms. The zero-order valence-corrected chi connectivity index (χ0v) is 16.5. The first-order chi connectivity index (χ1) is 14.6. The van der Waals surface area contributed by atoms with E-state index in [2.05, 4.69) is 25.9 Å². The number of fused-ring (bicyclic) bond motifs is 1. The van der Waals surface area contributed by atoms with Gasteiger partial charge in [0, 0.05) is 11.1 Å². The van der Waals surface area contributed by atoms with Crippen LogP contribution in [0.15, 0.2) is 60.9 Å². The first kappa shape index (κ1) is 18.1. The van der Waals surface area contributed by atoms with Crippen molar-refractivity contribution < 1.29 is 9.18 Å². The van der Waals surface area contributed by atoms with E-state index in [1.54, 1.807) is 28.9 Å². The molecule has 0 unspecified atom stereocenters. The molecule has 2 aromatic carbocycles. The Kier molecular flexibility index (Phi) is 4.32. The number of amides is 1. The highest BCUT2D eigenvalue weighted by Crippen LogP contribution is 2.31.